The predicted octanol–water partition coefficient (Wildman–Crippen LogP) is 3.29. The largest absolute Gasteiger partial charge is 0.366 e. The molecule has 142 valence electrons. The Balaban J connectivity index is 1.68. The molecule has 0 bridgehead atoms. The molecule has 1 heterocycles. The van der Waals surface area contributed by atoms with E-state index in [0.29, 0.717) is 17.1 Å². The minimum Gasteiger partial charge on any atom is -0.366 e. The van der Waals surface area contributed by atoms with Crippen molar-refractivity contribution in [3.63, 3.8) is 0 Å². The third-order valence-corrected chi connectivity index (χ3v) is 4.27. The van der Waals surface area contributed by atoms with E-state index in [1.165, 1.54) is 0 Å². The first-order valence-corrected chi connectivity index (χ1v) is 8.91. The fourth-order valence-corrected chi connectivity index (χ4v) is 2.84. The molecule has 3 aromatic carbocycles. The van der Waals surface area contributed by atoms with Gasteiger partial charge in [-0.3, -0.25) is 9.59 Å². The zero-order valence-electron chi connectivity index (χ0n) is 15.3. The van der Waals surface area contributed by atoms with Gasteiger partial charge in [0.1, 0.15) is 0 Å². The molecule has 29 heavy (non-hydrogen) atoms. The smallest absolute Gasteiger partial charge is 0.295 e. The maximum absolute atomic E-state index is 12.7. The van der Waals surface area contributed by atoms with Gasteiger partial charge < -0.3 is 11.1 Å². The summed E-state index contributed by atoms with van der Waals surface area (Å²) in [6.45, 7) is 0. The molecule has 0 fully saturated rings. The molecule has 0 aliphatic rings. The molecule has 4 aromatic rings. The van der Waals surface area contributed by atoms with Crippen LogP contribution in [-0.4, -0.2) is 26.6 Å². The highest BCUT2D eigenvalue weighted by molar-refractivity contribution is 6.02. The number of anilines is 1. The summed E-state index contributed by atoms with van der Waals surface area (Å²) in [5.41, 5.74) is 7.75. The Morgan fingerprint density at radius 2 is 1.45 bits per heavy atom. The molecule has 0 aliphatic carbocycles. The van der Waals surface area contributed by atoms with Gasteiger partial charge in [0.25, 0.3) is 5.91 Å². The summed E-state index contributed by atoms with van der Waals surface area (Å²) in [7, 11) is 0. The van der Waals surface area contributed by atoms with E-state index < -0.39 is 11.8 Å². The van der Waals surface area contributed by atoms with E-state index in [-0.39, 0.29) is 5.82 Å². The minimum absolute atomic E-state index is 0.0340. The maximum atomic E-state index is 12.7. The van der Waals surface area contributed by atoms with E-state index in [4.69, 9.17) is 5.73 Å². The fourth-order valence-electron chi connectivity index (χ4n) is 2.84. The molecular formula is C22H17N5O2. The van der Waals surface area contributed by atoms with Crippen LogP contribution < -0.4 is 11.1 Å². The van der Waals surface area contributed by atoms with Gasteiger partial charge in [0.15, 0.2) is 5.82 Å². The lowest BCUT2D eigenvalue weighted by Gasteiger charge is -2.05. The van der Waals surface area contributed by atoms with Gasteiger partial charge in [-0.05, 0) is 36.4 Å². The van der Waals surface area contributed by atoms with Crippen LogP contribution in [0.1, 0.15) is 21.0 Å². The number of hydrogen-bond donors (Lipinski definition) is 2. The predicted molar refractivity (Wildman–Crippen MR) is 110 cm³/mol. The van der Waals surface area contributed by atoms with Gasteiger partial charge in [0.2, 0.25) is 11.7 Å². The first-order chi connectivity index (χ1) is 14.1. The van der Waals surface area contributed by atoms with Crippen molar-refractivity contribution in [3.8, 4) is 17.1 Å². The molecular weight excluding hydrogens is 366 g/mol. The number of primary amides is 1. The van der Waals surface area contributed by atoms with Crippen molar-refractivity contribution in [1.82, 2.24) is 14.8 Å². The molecule has 0 saturated carbocycles. The van der Waals surface area contributed by atoms with Crippen LogP contribution in [0.25, 0.3) is 17.1 Å². The lowest BCUT2D eigenvalue weighted by Crippen LogP contribution is -2.15. The number of hydrogen-bond acceptors (Lipinski definition) is 4. The summed E-state index contributed by atoms with van der Waals surface area (Å²) in [4.78, 5) is 28.4. The van der Waals surface area contributed by atoms with Crippen molar-refractivity contribution in [2.24, 2.45) is 5.73 Å². The second kappa shape index (κ2) is 7.77. The van der Waals surface area contributed by atoms with Crippen molar-refractivity contribution in [2.75, 3.05) is 5.32 Å². The molecule has 4 rings (SSSR count). The number of carbonyl (C=O) groups is 2. The molecule has 3 N–H and O–H groups in total. The Kier molecular flexibility index (Phi) is 4.86. The number of carbonyl (C=O) groups excluding carboxylic acids is 2. The van der Waals surface area contributed by atoms with Gasteiger partial charge in [-0.25, -0.2) is 9.67 Å². The molecule has 0 atom stereocenters. The Morgan fingerprint density at radius 1 is 0.828 bits per heavy atom. The molecule has 0 saturated heterocycles. The summed E-state index contributed by atoms with van der Waals surface area (Å²) < 4.78 is 1.64. The highest BCUT2D eigenvalue weighted by Gasteiger charge is 2.19. The van der Waals surface area contributed by atoms with Crippen molar-refractivity contribution in [1.29, 1.82) is 0 Å². The second-order valence-electron chi connectivity index (χ2n) is 6.27. The maximum Gasteiger partial charge on any atom is 0.295 e. The monoisotopic (exact) mass is 383 g/mol. The van der Waals surface area contributed by atoms with Crippen LogP contribution in [0, 0.1) is 0 Å². The second-order valence-corrected chi connectivity index (χ2v) is 6.27. The van der Waals surface area contributed by atoms with Crippen LogP contribution in [-0.2, 0) is 0 Å². The highest BCUT2D eigenvalue weighted by Crippen LogP contribution is 2.21. The van der Waals surface area contributed by atoms with Crippen LogP contribution in [0.3, 0.4) is 0 Å². The number of para-hydroxylation sites is 1. The van der Waals surface area contributed by atoms with E-state index in [0.717, 1.165) is 11.3 Å². The number of amides is 2. The molecule has 0 unspecified atom stereocenters. The molecule has 2 amide bonds. The van der Waals surface area contributed by atoms with Crippen LogP contribution in [0.4, 0.5) is 5.69 Å². The van der Waals surface area contributed by atoms with Gasteiger partial charge in [-0.15, -0.1) is 5.10 Å². The Morgan fingerprint density at radius 3 is 2.07 bits per heavy atom. The van der Waals surface area contributed by atoms with Crippen LogP contribution in [0.2, 0.25) is 0 Å². The van der Waals surface area contributed by atoms with Gasteiger partial charge in [0.05, 0.1) is 5.69 Å². The van der Waals surface area contributed by atoms with Crippen molar-refractivity contribution >= 4 is 17.5 Å². The van der Waals surface area contributed by atoms with E-state index >= 15 is 0 Å². The van der Waals surface area contributed by atoms with E-state index in [1.807, 2.05) is 60.7 Å². The van der Waals surface area contributed by atoms with Crippen LogP contribution in [0.5, 0.6) is 0 Å². The Labute approximate surface area is 166 Å². The number of aromatic nitrogens is 3. The van der Waals surface area contributed by atoms with Crippen molar-refractivity contribution in [3.05, 3.63) is 96.3 Å². The quantitative estimate of drug-likeness (QED) is 0.552. The molecule has 0 aliphatic heterocycles. The zero-order chi connectivity index (χ0) is 20.2. The normalized spacial score (nSPS) is 10.5. The first kappa shape index (κ1) is 18.1. The summed E-state index contributed by atoms with van der Waals surface area (Å²) in [6, 6.07) is 25.3. The average molecular weight is 383 g/mol. The van der Waals surface area contributed by atoms with Crippen LogP contribution >= 0.6 is 0 Å². The Bertz CT molecular complexity index is 1100. The van der Waals surface area contributed by atoms with E-state index in [1.54, 1.807) is 28.9 Å². The molecule has 7 heteroatoms. The van der Waals surface area contributed by atoms with Gasteiger partial charge in [-0.1, -0.05) is 48.5 Å². The molecule has 1 aromatic heterocycles. The first-order valence-electron chi connectivity index (χ1n) is 8.91. The summed E-state index contributed by atoms with van der Waals surface area (Å²) >= 11 is 0. The van der Waals surface area contributed by atoms with Crippen LogP contribution in [0.15, 0.2) is 84.9 Å². The number of nitrogens with two attached hydrogens (primary N) is 1. The van der Waals surface area contributed by atoms with Crippen molar-refractivity contribution in [2.45, 2.75) is 0 Å². The third-order valence-electron chi connectivity index (χ3n) is 4.27. The average Bonchev–Trinajstić information content (AvgIpc) is 3.21. The summed E-state index contributed by atoms with van der Waals surface area (Å²) in [5.74, 6) is -0.389. The highest BCUT2D eigenvalue weighted by atomic mass is 16.2. The van der Waals surface area contributed by atoms with Crippen molar-refractivity contribution < 1.29 is 9.59 Å². The lowest BCUT2D eigenvalue weighted by atomic mass is 10.2. The number of benzene rings is 3. The summed E-state index contributed by atoms with van der Waals surface area (Å²) in [5, 5.41) is 7.16. The summed E-state index contributed by atoms with van der Waals surface area (Å²) in [6.07, 6.45) is 0. The molecule has 7 nitrogen and oxygen atoms in total. The lowest BCUT2D eigenvalue weighted by molar-refractivity contribution is 0.0997. The van der Waals surface area contributed by atoms with Gasteiger partial charge >= 0.3 is 0 Å². The zero-order valence-corrected chi connectivity index (χ0v) is 15.3. The number of nitrogens with one attached hydrogen (secondary N) is 1. The third kappa shape index (κ3) is 3.89. The van der Waals surface area contributed by atoms with E-state index in [9.17, 15) is 9.59 Å². The van der Waals surface area contributed by atoms with E-state index in [2.05, 4.69) is 15.4 Å². The standard InChI is InChI=1S/C22H17N5O2/c23-19(28)15-11-13-17(14-12-15)24-22(29)20-25-21(16-7-3-1-4-8-16)27(26-20)18-9-5-2-6-10-18/h1-14H,(H2,23,28)(H,24,29). The minimum atomic E-state index is -0.529. The fraction of sp³-hybridized carbons (Fsp3) is 0. The SMILES string of the molecule is NC(=O)c1ccc(NC(=O)c2nc(-c3ccccc3)n(-c3ccccc3)n2)cc1. The molecule has 0 radical (unpaired) electrons. The molecule has 0 spiro atoms. The number of rotatable bonds is 5. The van der Waals surface area contributed by atoms with Gasteiger partial charge in [-0.2, -0.15) is 0 Å². The number of nitrogens with zero attached hydrogens (tertiary/aromatic N) is 3. The Hall–Kier alpha value is -4.26. The topological polar surface area (TPSA) is 103 Å². The van der Waals surface area contributed by atoms with Gasteiger partial charge in [0, 0.05) is 16.8 Å².